The topological polar surface area (TPSA) is 20.2 Å². The predicted octanol–water partition coefficient (Wildman–Crippen LogP) is 4.01. The van der Waals surface area contributed by atoms with E-state index in [0.717, 1.165) is 16.3 Å². The van der Waals surface area contributed by atoms with Crippen molar-refractivity contribution in [3.63, 3.8) is 0 Å². The number of phenols is 1. The normalized spacial score (nSPS) is 11.1. The van der Waals surface area contributed by atoms with E-state index in [4.69, 9.17) is 0 Å². The smallest absolute Gasteiger partial charge is 0.123 e. The zero-order valence-corrected chi connectivity index (χ0v) is 9.07. The summed E-state index contributed by atoms with van der Waals surface area (Å²) in [5, 5.41) is 14.4. The number of benzene rings is 3. The highest BCUT2D eigenvalue weighted by Gasteiger charge is 2.04. The molecule has 0 saturated heterocycles. The zero-order chi connectivity index (χ0) is 11.1. The Bertz CT molecular complexity index is 683. The first kappa shape index (κ1) is 9.22. The number of fused-ring (bicyclic) bond motifs is 3. The van der Waals surface area contributed by atoms with Crippen LogP contribution in [0.15, 0.2) is 48.5 Å². The Morgan fingerprint density at radius 1 is 0.812 bits per heavy atom. The van der Waals surface area contributed by atoms with Crippen LogP contribution in [0.3, 0.4) is 0 Å². The van der Waals surface area contributed by atoms with Crippen molar-refractivity contribution in [2.24, 2.45) is 0 Å². The summed E-state index contributed by atoms with van der Waals surface area (Å²) in [7, 11) is 0. The van der Waals surface area contributed by atoms with Crippen LogP contribution in [0.2, 0.25) is 0 Å². The minimum absolute atomic E-state index is 0.362. The van der Waals surface area contributed by atoms with Crippen molar-refractivity contribution >= 4 is 21.5 Å². The van der Waals surface area contributed by atoms with E-state index in [1.807, 2.05) is 31.2 Å². The molecule has 0 unspecified atom stereocenters. The van der Waals surface area contributed by atoms with Gasteiger partial charge >= 0.3 is 0 Å². The molecule has 3 aromatic rings. The molecule has 1 heteroatoms. The second-order valence-electron chi connectivity index (χ2n) is 4.17. The number of aromatic hydroxyl groups is 1. The molecule has 0 bridgehead atoms. The van der Waals surface area contributed by atoms with Gasteiger partial charge in [0.25, 0.3) is 0 Å². The minimum Gasteiger partial charge on any atom is -0.507 e. The van der Waals surface area contributed by atoms with Gasteiger partial charge in [-0.25, -0.2) is 0 Å². The largest absolute Gasteiger partial charge is 0.507 e. The van der Waals surface area contributed by atoms with Crippen molar-refractivity contribution in [2.45, 2.75) is 6.92 Å². The van der Waals surface area contributed by atoms with E-state index < -0.39 is 0 Å². The molecule has 0 fully saturated rings. The molecular weight excluding hydrogens is 196 g/mol. The summed E-state index contributed by atoms with van der Waals surface area (Å²) in [5.41, 5.74) is 1.08. The molecule has 0 atom stereocenters. The predicted molar refractivity (Wildman–Crippen MR) is 67.9 cm³/mol. The van der Waals surface area contributed by atoms with E-state index in [9.17, 15) is 5.11 Å². The monoisotopic (exact) mass is 208 g/mol. The van der Waals surface area contributed by atoms with Crippen molar-refractivity contribution in [3.05, 3.63) is 54.1 Å². The molecule has 78 valence electrons. The zero-order valence-electron chi connectivity index (χ0n) is 9.07. The van der Waals surface area contributed by atoms with E-state index in [0.29, 0.717) is 5.75 Å². The standard InChI is InChI=1S/C15H12O/c1-10-8-14-12-5-3-2-4-11(12)6-7-13(14)15(16)9-10/h2-9,16H,1H3. The highest BCUT2D eigenvalue weighted by molar-refractivity contribution is 6.09. The molecule has 16 heavy (non-hydrogen) atoms. The Hall–Kier alpha value is -2.02. The number of rotatable bonds is 0. The Labute approximate surface area is 94.0 Å². The third-order valence-corrected chi connectivity index (χ3v) is 2.98. The maximum Gasteiger partial charge on any atom is 0.123 e. The first-order valence-corrected chi connectivity index (χ1v) is 5.37. The average Bonchev–Trinajstić information content (AvgIpc) is 2.28. The van der Waals surface area contributed by atoms with Crippen molar-refractivity contribution in [3.8, 4) is 5.75 Å². The molecule has 0 aliphatic heterocycles. The molecule has 1 N–H and O–H groups in total. The molecule has 0 saturated carbocycles. The number of aryl methyl sites for hydroxylation is 1. The number of hydrogen-bond donors (Lipinski definition) is 1. The van der Waals surface area contributed by atoms with Crippen LogP contribution in [0.25, 0.3) is 21.5 Å². The van der Waals surface area contributed by atoms with Gasteiger partial charge < -0.3 is 5.11 Å². The maximum atomic E-state index is 9.91. The van der Waals surface area contributed by atoms with Crippen LogP contribution >= 0.6 is 0 Å². The lowest BCUT2D eigenvalue weighted by atomic mass is 10.00. The first-order valence-electron chi connectivity index (χ1n) is 5.37. The lowest BCUT2D eigenvalue weighted by Gasteiger charge is -2.06. The molecule has 1 nitrogen and oxygen atoms in total. The molecule has 0 aliphatic carbocycles. The second kappa shape index (κ2) is 3.24. The Balaban J connectivity index is 2.59. The van der Waals surface area contributed by atoms with Crippen LogP contribution in [0.4, 0.5) is 0 Å². The number of hydrogen-bond acceptors (Lipinski definition) is 1. The Morgan fingerprint density at radius 3 is 2.50 bits per heavy atom. The molecular formula is C15H12O. The fraction of sp³-hybridized carbons (Fsp3) is 0.0667. The molecule has 0 heterocycles. The molecule has 0 spiro atoms. The van der Waals surface area contributed by atoms with Crippen LogP contribution in [0.1, 0.15) is 5.56 Å². The lowest BCUT2D eigenvalue weighted by Crippen LogP contribution is -1.80. The summed E-state index contributed by atoms with van der Waals surface area (Å²) >= 11 is 0. The molecule has 0 aromatic heterocycles. The third kappa shape index (κ3) is 1.25. The van der Waals surface area contributed by atoms with E-state index in [1.54, 1.807) is 6.07 Å². The van der Waals surface area contributed by atoms with E-state index >= 15 is 0 Å². The summed E-state index contributed by atoms with van der Waals surface area (Å²) < 4.78 is 0. The third-order valence-electron chi connectivity index (χ3n) is 2.98. The fourth-order valence-electron chi connectivity index (χ4n) is 2.24. The van der Waals surface area contributed by atoms with Gasteiger partial charge in [0, 0.05) is 5.39 Å². The molecule has 3 rings (SSSR count). The van der Waals surface area contributed by atoms with Crippen LogP contribution in [0.5, 0.6) is 5.75 Å². The van der Waals surface area contributed by atoms with E-state index in [-0.39, 0.29) is 0 Å². The summed E-state index contributed by atoms with van der Waals surface area (Å²) in [5.74, 6) is 0.362. The van der Waals surface area contributed by atoms with Gasteiger partial charge in [-0.2, -0.15) is 0 Å². The maximum absolute atomic E-state index is 9.91. The second-order valence-corrected chi connectivity index (χ2v) is 4.17. The van der Waals surface area contributed by atoms with Crippen LogP contribution < -0.4 is 0 Å². The lowest BCUT2D eigenvalue weighted by molar-refractivity contribution is 0.481. The van der Waals surface area contributed by atoms with Gasteiger partial charge in [-0.1, -0.05) is 42.5 Å². The van der Waals surface area contributed by atoms with Crippen molar-refractivity contribution in [1.82, 2.24) is 0 Å². The first-order chi connectivity index (χ1) is 7.75. The van der Waals surface area contributed by atoms with Crippen molar-refractivity contribution < 1.29 is 5.11 Å². The van der Waals surface area contributed by atoms with Crippen LogP contribution in [-0.4, -0.2) is 5.11 Å². The Kier molecular flexibility index (Phi) is 1.87. The molecule has 0 aliphatic rings. The van der Waals surface area contributed by atoms with E-state index in [2.05, 4.69) is 18.2 Å². The highest BCUT2D eigenvalue weighted by Crippen LogP contribution is 2.31. The molecule has 0 radical (unpaired) electrons. The summed E-state index contributed by atoms with van der Waals surface area (Å²) in [6, 6.07) is 16.2. The quantitative estimate of drug-likeness (QED) is 0.553. The van der Waals surface area contributed by atoms with Gasteiger partial charge in [0.2, 0.25) is 0 Å². The van der Waals surface area contributed by atoms with Crippen molar-refractivity contribution in [2.75, 3.05) is 0 Å². The van der Waals surface area contributed by atoms with Gasteiger partial charge in [-0.3, -0.25) is 0 Å². The van der Waals surface area contributed by atoms with Crippen LogP contribution in [-0.2, 0) is 0 Å². The van der Waals surface area contributed by atoms with Gasteiger partial charge in [0.1, 0.15) is 5.75 Å². The van der Waals surface area contributed by atoms with Crippen LogP contribution in [0, 0.1) is 6.92 Å². The van der Waals surface area contributed by atoms with Crippen molar-refractivity contribution in [1.29, 1.82) is 0 Å². The van der Waals surface area contributed by atoms with Gasteiger partial charge in [-0.15, -0.1) is 0 Å². The Morgan fingerprint density at radius 2 is 1.62 bits per heavy atom. The molecule has 3 aromatic carbocycles. The van der Waals surface area contributed by atoms with Gasteiger partial charge in [0.15, 0.2) is 0 Å². The summed E-state index contributed by atoms with van der Waals surface area (Å²) in [4.78, 5) is 0. The van der Waals surface area contributed by atoms with E-state index in [1.165, 1.54) is 10.8 Å². The highest BCUT2D eigenvalue weighted by atomic mass is 16.3. The SMILES string of the molecule is Cc1cc(O)c2ccc3ccccc3c2c1. The van der Waals surface area contributed by atoms with Gasteiger partial charge in [-0.05, 0) is 34.7 Å². The minimum atomic E-state index is 0.362. The van der Waals surface area contributed by atoms with Gasteiger partial charge in [0.05, 0.1) is 0 Å². The average molecular weight is 208 g/mol. The summed E-state index contributed by atoms with van der Waals surface area (Å²) in [6.45, 7) is 2.00. The molecule has 0 amide bonds. The number of phenolic OH excluding ortho intramolecular Hbond substituents is 1. The fourth-order valence-corrected chi connectivity index (χ4v) is 2.24. The summed E-state index contributed by atoms with van der Waals surface area (Å²) in [6.07, 6.45) is 0.